The second-order valence-electron chi connectivity index (χ2n) is 4.79. The highest BCUT2D eigenvalue weighted by Gasteiger charge is 2.12. The van der Waals surface area contributed by atoms with Gasteiger partial charge in [-0.3, -0.25) is 0 Å². The molecule has 20 heavy (non-hydrogen) atoms. The molecule has 0 fully saturated rings. The summed E-state index contributed by atoms with van der Waals surface area (Å²) >= 11 is 0. The standard InChI is InChI=1S/C17H20FNO/c1-4-13-5-8-15(9-6-13)20-17-10-7-14(18)11-16(17)12(2)19-3/h5-12,19H,4H2,1-3H3. The number of rotatable bonds is 5. The molecule has 3 heteroatoms. The zero-order valence-electron chi connectivity index (χ0n) is 12.1. The Morgan fingerprint density at radius 1 is 1.15 bits per heavy atom. The van der Waals surface area contributed by atoms with Crippen molar-refractivity contribution < 1.29 is 9.13 Å². The summed E-state index contributed by atoms with van der Waals surface area (Å²) in [6.07, 6.45) is 0.999. The second kappa shape index (κ2) is 6.53. The van der Waals surface area contributed by atoms with Gasteiger partial charge in [0.1, 0.15) is 17.3 Å². The molecule has 0 spiro atoms. The van der Waals surface area contributed by atoms with E-state index < -0.39 is 0 Å². The van der Waals surface area contributed by atoms with E-state index in [0.717, 1.165) is 17.7 Å². The predicted molar refractivity (Wildman–Crippen MR) is 79.8 cm³/mol. The number of ether oxygens (including phenoxy) is 1. The molecule has 0 heterocycles. The highest BCUT2D eigenvalue weighted by Crippen LogP contribution is 2.30. The van der Waals surface area contributed by atoms with Gasteiger partial charge in [0.25, 0.3) is 0 Å². The first-order valence-electron chi connectivity index (χ1n) is 6.87. The Kier molecular flexibility index (Phi) is 4.74. The molecule has 0 saturated carbocycles. The molecule has 1 N–H and O–H groups in total. The molecule has 0 aliphatic carbocycles. The molecule has 0 aliphatic heterocycles. The molecule has 106 valence electrons. The molecule has 0 saturated heterocycles. The van der Waals surface area contributed by atoms with E-state index in [1.807, 2.05) is 38.2 Å². The number of hydrogen-bond donors (Lipinski definition) is 1. The van der Waals surface area contributed by atoms with E-state index in [1.165, 1.54) is 17.7 Å². The van der Waals surface area contributed by atoms with E-state index in [1.54, 1.807) is 6.07 Å². The Bertz CT molecular complexity index is 566. The van der Waals surface area contributed by atoms with Crippen molar-refractivity contribution >= 4 is 0 Å². The molecular weight excluding hydrogens is 253 g/mol. The highest BCUT2D eigenvalue weighted by atomic mass is 19.1. The monoisotopic (exact) mass is 273 g/mol. The van der Waals surface area contributed by atoms with Crippen molar-refractivity contribution in [2.24, 2.45) is 0 Å². The van der Waals surface area contributed by atoms with Crippen molar-refractivity contribution in [2.45, 2.75) is 26.3 Å². The van der Waals surface area contributed by atoms with Gasteiger partial charge in [0.05, 0.1) is 0 Å². The van der Waals surface area contributed by atoms with Crippen LogP contribution < -0.4 is 10.1 Å². The Morgan fingerprint density at radius 3 is 2.45 bits per heavy atom. The summed E-state index contributed by atoms with van der Waals surface area (Å²) in [5.41, 5.74) is 2.08. The van der Waals surface area contributed by atoms with Crippen LogP contribution in [0.1, 0.15) is 31.0 Å². The van der Waals surface area contributed by atoms with Crippen LogP contribution in [0.15, 0.2) is 42.5 Å². The Labute approximate surface area is 119 Å². The van der Waals surface area contributed by atoms with Gasteiger partial charge in [-0.05, 0) is 56.3 Å². The molecule has 0 aromatic heterocycles. The van der Waals surface area contributed by atoms with Gasteiger partial charge < -0.3 is 10.1 Å². The van der Waals surface area contributed by atoms with E-state index in [-0.39, 0.29) is 11.9 Å². The normalized spacial score (nSPS) is 12.2. The number of nitrogens with one attached hydrogen (secondary N) is 1. The van der Waals surface area contributed by atoms with Gasteiger partial charge in [0.2, 0.25) is 0 Å². The number of aryl methyl sites for hydroxylation is 1. The van der Waals surface area contributed by atoms with Gasteiger partial charge in [-0.25, -0.2) is 4.39 Å². The number of benzene rings is 2. The van der Waals surface area contributed by atoms with Crippen LogP contribution in [0.4, 0.5) is 4.39 Å². The van der Waals surface area contributed by atoms with E-state index >= 15 is 0 Å². The van der Waals surface area contributed by atoms with Crippen LogP contribution in [-0.4, -0.2) is 7.05 Å². The van der Waals surface area contributed by atoms with E-state index in [4.69, 9.17) is 4.74 Å². The van der Waals surface area contributed by atoms with Crippen molar-refractivity contribution in [1.29, 1.82) is 0 Å². The molecular formula is C17H20FNO. The second-order valence-corrected chi connectivity index (χ2v) is 4.79. The van der Waals surface area contributed by atoms with Gasteiger partial charge in [-0.2, -0.15) is 0 Å². The first kappa shape index (κ1) is 14.5. The van der Waals surface area contributed by atoms with Crippen LogP contribution >= 0.6 is 0 Å². The predicted octanol–water partition coefficient (Wildman–Crippen LogP) is 4.46. The van der Waals surface area contributed by atoms with Gasteiger partial charge in [-0.15, -0.1) is 0 Å². The largest absolute Gasteiger partial charge is 0.457 e. The summed E-state index contributed by atoms with van der Waals surface area (Å²) in [5.74, 6) is 1.19. The van der Waals surface area contributed by atoms with Crippen molar-refractivity contribution in [2.75, 3.05) is 7.05 Å². The molecule has 0 aliphatic rings. The van der Waals surface area contributed by atoms with Crippen LogP contribution in [0.5, 0.6) is 11.5 Å². The molecule has 0 bridgehead atoms. The van der Waals surface area contributed by atoms with Crippen LogP contribution in [0.3, 0.4) is 0 Å². The molecule has 0 radical (unpaired) electrons. The zero-order chi connectivity index (χ0) is 14.5. The topological polar surface area (TPSA) is 21.3 Å². The summed E-state index contributed by atoms with van der Waals surface area (Å²) in [6, 6.07) is 12.6. The summed E-state index contributed by atoms with van der Waals surface area (Å²) in [7, 11) is 1.84. The van der Waals surface area contributed by atoms with Crippen LogP contribution in [0.2, 0.25) is 0 Å². The van der Waals surface area contributed by atoms with E-state index in [9.17, 15) is 4.39 Å². The van der Waals surface area contributed by atoms with Gasteiger partial charge >= 0.3 is 0 Å². The minimum absolute atomic E-state index is 0.0237. The van der Waals surface area contributed by atoms with Gasteiger partial charge in [-0.1, -0.05) is 19.1 Å². The number of halogens is 1. The van der Waals surface area contributed by atoms with Crippen molar-refractivity contribution in [3.8, 4) is 11.5 Å². The lowest BCUT2D eigenvalue weighted by atomic mass is 10.1. The minimum atomic E-state index is -0.254. The Morgan fingerprint density at radius 2 is 1.85 bits per heavy atom. The average molecular weight is 273 g/mol. The smallest absolute Gasteiger partial charge is 0.132 e. The zero-order valence-corrected chi connectivity index (χ0v) is 12.1. The summed E-state index contributed by atoms with van der Waals surface area (Å²) < 4.78 is 19.3. The number of hydrogen-bond acceptors (Lipinski definition) is 2. The molecule has 0 amide bonds. The minimum Gasteiger partial charge on any atom is -0.457 e. The SMILES string of the molecule is CCc1ccc(Oc2ccc(F)cc2C(C)NC)cc1. The highest BCUT2D eigenvalue weighted by molar-refractivity contribution is 5.40. The summed E-state index contributed by atoms with van der Waals surface area (Å²) in [6.45, 7) is 4.09. The molecule has 2 aromatic carbocycles. The third-order valence-corrected chi connectivity index (χ3v) is 3.43. The van der Waals surface area contributed by atoms with E-state index in [0.29, 0.717) is 5.75 Å². The van der Waals surface area contributed by atoms with E-state index in [2.05, 4.69) is 12.2 Å². The lowest BCUT2D eigenvalue weighted by molar-refractivity contribution is 0.463. The Hall–Kier alpha value is -1.87. The third-order valence-electron chi connectivity index (χ3n) is 3.43. The van der Waals surface area contributed by atoms with Crippen LogP contribution in [0, 0.1) is 5.82 Å². The van der Waals surface area contributed by atoms with Crippen molar-refractivity contribution in [1.82, 2.24) is 5.32 Å². The van der Waals surface area contributed by atoms with Gasteiger partial charge in [0.15, 0.2) is 0 Å². The average Bonchev–Trinajstić information content (AvgIpc) is 2.49. The van der Waals surface area contributed by atoms with Crippen LogP contribution in [0.25, 0.3) is 0 Å². The fourth-order valence-corrected chi connectivity index (χ4v) is 2.03. The molecule has 2 rings (SSSR count). The summed E-state index contributed by atoms with van der Waals surface area (Å²) in [5, 5.41) is 3.11. The first-order chi connectivity index (χ1) is 9.63. The molecule has 1 atom stereocenters. The quantitative estimate of drug-likeness (QED) is 0.868. The molecule has 1 unspecified atom stereocenters. The summed E-state index contributed by atoms with van der Waals surface area (Å²) in [4.78, 5) is 0. The lowest BCUT2D eigenvalue weighted by Gasteiger charge is -2.16. The lowest BCUT2D eigenvalue weighted by Crippen LogP contribution is -2.13. The van der Waals surface area contributed by atoms with Crippen LogP contribution in [-0.2, 0) is 6.42 Å². The maximum absolute atomic E-state index is 13.4. The molecule has 2 nitrogen and oxygen atoms in total. The maximum atomic E-state index is 13.4. The fourth-order valence-electron chi connectivity index (χ4n) is 2.03. The Balaban J connectivity index is 2.27. The van der Waals surface area contributed by atoms with Crippen molar-refractivity contribution in [3.05, 3.63) is 59.4 Å². The molecule has 2 aromatic rings. The van der Waals surface area contributed by atoms with Crippen molar-refractivity contribution in [3.63, 3.8) is 0 Å². The fraction of sp³-hybridized carbons (Fsp3) is 0.294. The van der Waals surface area contributed by atoms with Gasteiger partial charge in [0, 0.05) is 11.6 Å². The maximum Gasteiger partial charge on any atom is 0.132 e. The third kappa shape index (κ3) is 3.36. The first-order valence-corrected chi connectivity index (χ1v) is 6.87.